The van der Waals surface area contributed by atoms with E-state index in [9.17, 15) is 4.79 Å². The molecule has 0 saturated heterocycles. The van der Waals surface area contributed by atoms with Crippen LogP contribution in [0.1, 0.15) is 19.3 Å². The molecule has 0 saturated carbocycles. The first-order valence-electron chi connectivity index (χ1n) is 3.50. The SMILES string of the molecule is O=CCC(CO)CCCO. The van der Waals surface area contributed by atoms with Crippen LogP contribution in [0, 0.1) is 5.92 Å². The molecule has 0 aliphatic rings. The molecule has 1 unspecified atom stereocenters. The maximum Gasteiger partial charge on any atom is 0.120 e. The fraction of sp³-hybridized carbons (Fsp3) is 0.857. The van der Waals surface area contributed by atoms with E-state index in [4.69, 9.17) is 10.2 Å². The normalized spacial score (nSPS) is 13.0. The highest BCUT2D eigenvalue weighted by Gasteiger charge is 2.04. The van der Waals surface area contributed by atoms with E-state index in [-0.39, 0.29) is 19.1 Å². The van der Waals surface area contributed by atoms with E-state index in [2.05, 4.69) is 0 Å². The van der Waals surface area contributed by atoms with Crippen LogP contribution >= 0.6 is 0 Å². The van der Waals surface area contributed by atoms with Crippen molar-refractivity contribution in [3.63, 3.8) is 0 Å². The number of carbonyl (C=O) groups is 1. The molecular formula is C7H14O3. The van der Waals surface area contributed by atoms with Gasteiger partial charge in [0.15, 0.2) is 0 Å². The first-order chi connectivity index (χ1) is 4.85. The topological polar surface area (TPSA) is 57.5 Å². The van der Waals surface area contributed by atoms with Gasteiger partial charge in [-0.3, -0.25) is 0 Å². The molecule has 1 atom stereocenters. The predicted molar refractivity (Wildman–Crippen MR) is 37.6 cm³/mol. The fourth-order valence-electron chi connectivity index (χ4n) is 0.800. The minimum Gasteiger partial charge on any atom is -0.396 e. The summed E-state index contributed by atoms with van der Waals surface area (Å²) in [6.07, 6.45) is 2.60. The summed E-state index contributed by atoms with van der Waals surface area (Å²) < 4.78 is 0. The molecule has 0 bridgehead atoms. The minimum atomic E-state index is 0.0404. The minimum absolute atomic E-state index is 0.0404. The van der Waals surface area contributed by atoms with Crippen LogP contribution < -0.4 is 0 Å². The van der Waals surface area contributed by atoms with Gasteiger partial charge in [0.1, 0.15) is 6.29 Å². The highest BCUT2D eigenvalue weighted by molar-refractivity contribution is 5.49. The van der Waals surface area contributed by atoms with E-state index in [0.717, 1.165) is 12.7 Å². The molecule has 3 heteroatoms. The molecule has 0 aromatic carbocycles. The molecule has 3 nitrogen and oxygen atoms in total. The molecule has 0 aromatic heterocycles. The zero-order valence-corrected chi connectivity index (χ0v) is 5.99. The Morgan fingerprint density at radius 3 is 2.50 bits per heavy atom. The van der Waals surface area contributed by atoms with Crippen molar-refractivity contribution in [3.05, 3.63) is 0 Å². The molecule has 10 heavy (non-hydrogen) atoms. The second-order valence-corrected chi connectivity index (χ2v) is 2.32. The monoisotopic (exact) mass is 146 g/mol. The van der Waals surface area contributed by atoms with Gasteiger partial charge in [0.05, 0.1) is 0 Å². The Morgan fingerprint density at radius 2 is 2.10 bits per heavy atom. The standard InChI is InChI=1S/C7H14O3/c8-4-1-2-7(6-10)3-5-9/h5,7-8,10H,1-4,6H2. The Morgan fingerprint density at radius 1 is 1.40 bits per heavy atom. The Kier molecular flexibility index (Phi) is 6.43. The van der Waals surface area contributed by atoms with Crippen LogP contribution in [-0.2, 0) is 4.79 Å². The molecule has 0 fully saturated rings. The van der Waals surface area contributed by atoms with Gasteiger partial charge in [-0.15, -0.1) is 0 Å². The zero-order chi connectivity index (χ0) is 7.82. The largest absolute Gasteiger partial charge is 0.396 e. The van der Waals surface area contributed by atoms with Gasteiger partial charge in [0.25, 0.3) is 0 Å². The van der Waals surface area contributed by atoms with Crippen molar-refractivity contribution in [1.82, 2.24) is 0 Å². The lowest BCUT2D eigenvalue weighted by Crippen LogP contribution is -2.07. The molecule has 0 aromatic rings. The van der Waals surface area contributed by atoms with Gasteiger partial charge in [-0.05, 0) is 18.8 Å². The molecule has 0 rings (SSSR count). The van der Waals surface area contributed by atoms with Crippen LogP contribution in [0.4, 0.5) is 0 Å². The lowest BCUT2D eigenvalue weighted by Gasteiger charge is -2.07. The van der Waals surface area contributed by atoms with Crippen molar-refractivity contribution in [2.45, 2.75) is 19.3 Å². The summed E-state index contributed by atoms with van der Waals surface area (Å²) in [5, 5.41) is 17.1. The maximum absolute atomic E-state index is 9.96. The molecule has 0 aliphatic carbocycles. The van der Waals surface area contributed by atoms with Crippen molar-refractivity contribution in [1.29, 1.82) is 0 Å². The smallest absolute Gasteiger partial charge is 0.120 e. The average molecular weight is 146 g/mol. The quantitative estimate of drug-likeness (QED) is 0.517. The molecule has 60 valence electrons. The highest BCUT2D eigenvalue weighted by Crippen LogP contribution is 2.07. The first kappa shape index (κ1) is 9.59. The van der Waals surface area contributed by atoms with E-state index >= 15 is 0 Å². The lowest BCUT2D eigenvalue weighted by molar-refractivity contribution is -0.109. The number of aldehydes is 1. The summed E-state index contributed by atoms with van der Waals surface area (Å²) in [4.78, 5) is 9.96. The van der Waals surface area contributed by atoms with E-state index in [0.29, 0.717) is 12.8 Å². The van der Waals surface area contributed by atoms with Gasteiger partial charge in [-0.2, -0.15) is 0 Å². The third-order valence-corrected chi connectivity index (χ3v) is 1.46. The first-order valence-corrected chi connectivity index (χ1v) is 3.50. The second kappa shape index (κ2) is 6.71. The summed E-state index contributed by atoms with van der Waals surface area (Å²) in [6.45, 7) is 0.175. The zero-order valence-electron chi connectivity index (χ0n) is 5.99. The van der Waals surface area contributed by atoms with E-state index in [1.807, 2.05) is 0 Å². The number of aliphatic hydroxyl groups excluding tert-OH is 2. The molecule has 0 aliphatic heterocycles. The third kappa shape index (κ3) is 4.47. The maximum atomic E-state index is 9.96. The predicted octanol–water partition coefficient (Wildman–Crippen LogP) is -0.0436. The van der Waals surface area contributed by atoms with E-state index in [1.54, 1.807) is 0 Å². The number of hydrogen-bond donors (Lipinski definition) is 2. The number of hydrogen-bond acceptors (Lipinski definition) is 3. The van der Waals surface area contributed by atoms with Crippen LogP contribution in [0.25, 0.3) is 0 Å². The number of aliphatic hydroxyl groups is 2. The lowest BCUT2D eigenvalue weighted by atomic mass is 10.0. The molecule has 0 heterocycles. The van der Waals surface area contributed by atoms with Crippen LogP contribution in [0.5, 0.6) is 0 Å². The summed E-state index contributed by atoms with van der Waals surface area (Å²) in [6, 6.07) is 0. The third-order valence-electron chi connectivity index (χ3n) is 1.46. The van der Waals surface area contributed by atoms with Gasteiger partial charge >= 0.3 is 0 Å². The Bertz CT molecular complexity index is 82.9. The van der Waals surface area contributed by atoms with Crippen LogP contribution in [-0.4, -0.2) is 29.7 Å². The van der Waals surface area contributed by atoms with Gasteiger partial charge in [-0.25, -0.2) is 0 Å². The van der Waals surface area contributed by atoms with Crippen molar-refractivity contribution in [3.8, 4) is 0 Å². The summed E-state index contributed by atoms with van der Waals surface area (Å²) >= 11 is 0. The molecule has 0 radical (unpaired) electrons. The molecular weight excluding hydrogens is 132 g/mol. The Balaban J connectivity index is 3.29. The molecule has 0 spiro atoms. The van der Waals surface area contributed by atoms with Crippen molar-refractivity contribution in [2.24, 2.45) is 5.92 Å². The Hall–Kier alpha value is -0.410. The second-order valence-electron chi connectivity index (χ2n) is 2.32. The average Bonchev–Trinajstić information content (AvgIpc) is 1.98. The summed E-state index contributed by atoms with van der Waals surface area (Å²) in [5.41, 5.74) is 0. The number of carbonyl (C=O) groups excluding carboxylic acids is 1. The van der Waals surface area contributed by atoms with Crippen LogP contribution in [0.2, 0.25) is 0 Å². The van der Waals surface area contributed by atoms with Crippen molar-refractivity contribution >= 4 is 6.29 Å². The fourth-order valence-corrected chi connectivity index (χ4v) is 0.800. The van der Waals surface area contributed by atoms with Gasteiger partial charge < -0.3 is 15.0 Å². The van der Waals surface area contributed by atoms with Crippen molar-refractivity contribution in [2.75, 3.05) is 13.2 Å². The Labute approximate surface area is 60.7 Å². The molecule has 0 amide bonds. The van der Waals surface area contributed by atoms with Gasteiger partial charge in [-0.1, -0.05) is 0 Å². The van der Waals surface area contributed by atoms with E-state index < -0.39 is 0 Å². The molecule has 2 N–H and O–H groups in total. The van der Waals surface area contributed by atoms with Gasteiger partial charge in [0.2, 0.25) is 0 Å². The highest BCUT2D eigenvalue weighted by atomic mass is 16.3. The van der Waals surface area contributed by atoms with Crippen LogP contribution in [0.15, 0.2) is 0 Å². The number of rotatable bonds is 6. The summed E-state index contributed by atoms with van der Waals surface area (Å²) in [7, 11) is 0. The summed E-state index contributed by atoms with van der Waals surface area (Å²) in [5.74, 6) is 0.0460. The van der Waals surface area contributed by atoms with Gasteiger partial charge in [0, 0.05) is 19.6 Å². The van der Waals surface area contributed by atoms with Crippen molar-refractivity contribution < 1.29 is 15.0 Å². The van der Waals surface area contributed by atoms with Crippen LogP contribution in [0.3, 0.4) is 0 Å². The van der Waals surface area contributed by atoms with E-state index in [1.165, 1.54) is 0 Å².